The van der Waals surface area contributed by atoms with Crippen molar-refractivity contribution in [2.24, 2.45) is 11.8 Å². The van der Waals surface area contributed by atoms with E-state index in [1.807, 2.05) is 24.3 Å². The molecule has 1 N–H and O–H groups in total. The van der Waals surface area contributed by atoms with Crippen LogP contribution in [0, 0.1) is 11.8 Å². The minimum absolute atomic E-state index is 0.00649. The second-order valence-corrected chi connectivity index (χ2v) is 9.83. The van der Waals surface area contributed by atoms with E-state index in [-0.39, 0.29) is 23.6 Å². The topological polar surface area (TPSA) is 49.8 Å². The van der Waals surface area contributed by atoms with Crippen LogP contribution in [0.3, 0.4) is 0 Å². The number of carboxylic acids is 1. The Morgan fingerprint density at radius 3 is 2.39 bits per heavy atom. The molecule has 4 rings (SSSR count). The summed E-state index contributed by atoms with van der Waals surface area (Å²) in [6, 6.07) is 9.55. The van der Waals surface area contributed by atoms with Crippen molar-refractivity contribution < 1.29 is 23.4 Å². The number of alkyl halides is 2. The highest BCUT2D eigenvalue weighted by Gasteiger charge is 2.29. The van der Waals surface area contributed by atoms with Crippen molar-refractivity contribution in [1.29, 1.82) is 0 Å². The number of ether oxygens (including phenoxy) is 1. The Morgan fingerprint density at radius 2 is 1.79 bits per heavy atom. The third kappa shape index (κ3) is 5.32. The van der Waals surface area contributed by atoms with Crippen molar-refractivity contribution >= 4 is 16.7 Å². The van der Waals surface area contributed by atoms with Crippen molar-refractivity contribution in [3.63, 3.8) is 0 Å². The van der Waals surface area contributed by atoms with Crippen LogP contribution in [0.25, 0.3) is 10.8 Å². The first-order valence-electron chi connectivity index (χ1n) is 12.4. The fraction of sp³-hybridized carbons (Fsp3) is 0.593. The molecule has 0 aromatic heterocycles. The van der Waals surface area contributed by atoms with Gasteiger partial charge in [-0.05, 0) is 92.4 Å². The molecule has 2 aliphatic rings. The van der Waals surface area contributed by atoms with Gasteiger partial charge in [0, 0.05) is 6.04 Å². The van der Waals surface area contributed by atoms with E-state index in [1.165, 1.54) is 0 Å². The number of carbonyl (C=O) groups is 1. The van der Waals surface area contributed by atoms with Crippen LogP contribution in [-0.2, 0) is 4.79 Å². The van der Waals surface area contributed by atoms with Gasteiger partial charge in [-0.25, -0.2) is 8.78 Å². The molecule has 2 aromatic rings. The van der Waals surface area contributed by atoms with Crippen LogP contribution in [0.5, 0.6) is 5.75 Å². The molecule has 4 nitrogen and oxygen atoms in total. The lowest BCUT2D eigenvalue weighted by atomic mass is 9.89. The Balaban J connectivity index is 1.57. The van der Waals surface area contributed by atoms with Crippen LogP contribution in [0.4, 0.5) is 8.78 Å². The minimum Gasteiger partial charge on any atom is -0.490 e. The fourth-order valence-electron chi connectivity index (χ4n) is 5.58. The summed E-state index contributed by atoms with van der Waals surface area (Å²) in [4.78, 5) is 13.6. The van der Waals surface area contributed by atoms with Crippen molar-refractivity contribution in [3.05, 3.63) is 41.5 Å². The van der Waals surface area contributed by atoms with Gasteiger partial charge in [-0.1, -0.05) is 32.0 Å². The second kappa shape index (κ2) is 10.4. The maximum Gasteiger partial charge on any atom is 0.306 e. The van der Waals surface area contributed by atoms with Gasteiger partial charge in [-0.2, -0.15) is 0 Å². The van der Waals surface area contributed by atoms with E-state index < -0.39 is 12.4 Å². The smallest absolute Gasteiger partial charge is 0.306 e. The number of benzene rings is 2. The van der Waals surface area contributed by atoms with E-state index >= 15 is 0 Å². The zero-order valence-electron chi connectivity index (χ0n) is 19.6. The van der Waals surface area contributed by atoms with Gasteiger partial charge < -0.3 is 9.84 Å². The van der Waals surface area contributed by atoms with Gasteiger partial charge in [-0.3, -0.25) is 9.69 Å². The van der Waals surface area contributed by atoms with Crippen LogP contribution in [0.15, 0.2) is 30.3 Å². The minimum atomic E-state index is -2.60. The molecule has 2 fully saturated rings. The molecule has 180 valence electrons. The van der Waals surface area contributed by atoms with Gasteiger partial charge in [0.05, 0.1) is 17.6 Å². The molecule has 0 amide bonds. The highest BCUT2D eigenvalue weighted by molar-refractivity contribution is 5.88. The summed E-state index contributed by atoms with van der Waals surface area (Å²) in [5.74, 6) is 0.00640. The van der Waals surface area contributed by atoms with Gasteiger partial charge in [0.2, 0.25) is 0 Å². The molecule has 0 bridgehead atoms. The van der Waals surface area contributed by atoms with Gasteiger partial charge in [0.15, 0.2) is 0 Å². The highest BCUT2D eigenvalue weighted by Crippen LogP contribution is 2.39. The van der Waals surface area contributed by atoms with Crippen LogP contribution < -0.4 is 4.74 Å². The maximum atomic E-state index is 14.2. The molecule has 1 aliphatic heterocycles. The number of hydrogen-bond acceptors (Lipinski definition) is 3. The Hall–Kier alpha value is -2.21. The molecule has 2 aromatic carbocycles. The lowest BCUT2D eigenvalue weighted by molar-refractivity contribution is -0.143. The Kier molecular flexibility index (Phi) is 7.52. The molecule has 1 unspecified atom stereocenters. The number of aliphatic carboxylic acids is 1. The predicted molar refractivity (Wildman–Crippen MR) is 126 cm³/mol. The first kappa shape index (κ1) is 23.9. The van der Waals surface area contributed by atoms with Crippen LogP contribution in [0.1, 0.15) is 82.4 Å². The molecule has 33 heavy (non-hydrogen) atoms. The summed E-state index contributed by atoms with van der Waals surface area (Å²) in [5, 5.41) is 10.6. The van der Waals surface area contributed by atoms with E-state index in [9.17, 15) is 18.7 Å². The lowest BCUT2D eigenvalue weighted by Crippen LogP contribution is -2.38. The number of hydrogen-bond donors (Lipinski definition) is 1. The normalized spacial score (nSPS) is 23.7. The Labute approximate surface area is 194 Å². The van der Waals surface area contributed by atoms with Crippen molar-refractivity contribution in [3.8, 4) is 5.75 Å². The average Bonchev–Trinajstić information content (AvgIpc) is 2.81. The van der Waals surface area contributed by atoms with Crippen LogP contribution >= 0.6 is 0 Å². The molecule has 1 saturated heterocycles. The number of likely N-dealkylation sites (tertiary alicyclic amines) is 1. The molecule has 0 radical (unpaired) electrons. The number of rotatable bonds is 7. The zero-order valence-corrected chi connectivity index (χ0v) is 19.6. The van der Waals surface area contributed by atoms with Crippen molar-refractivity contribution in [2.75, 3.05) is 13.1 Å². The summed E-state index contributed by atoms with van der Waals surface area (Å²) in [7, 11) is 0. The highest BCUT2D eigenvalue weighted by atomic mass is 19.3. The largest absolute Gasteiger partial charge is 0.490 e. The van der Waals surface area contributed by atoms with E-state index in [0.29, 0.717) is 29.9 Å². The molecular formula is C27H35F2NO3. The monoisotopic (exact) mass is 459 g/mol. The predicted octanol–water partition coefficient (Wildman–Crippen LogP) is 6.98. The number of fused-ring (bicyclic) bond motifs is 1. The second-order valence-electron chi connectivity index (χ2n) is 9.83. The quantitative estimate of drug-likeness (QED) is 0.485. The summed E-state index contributed by atoms with van der Waals surface area (Å²) in [6.07, 6.45) is 3.57. The number of nitrogens with zero attached hydrogens (tertiary/aromatic N) is 1. The van der Waals surface area contributed by atoms with E-state index in [2.05, 4.69) is 18.7 Å². The van der Waals surface area contributed by atoms with Crippen LogP contribution in [0.2, 0.25) is 0 Å². The molecule has 1 atom stereocenters. The zero-order chi connectivity index (χ0) is 23.5. The number of halogens is 2. The van der Waals surface area contributed by atoms with Gasteiger partial charge in [0.25, 0.3) is 6.43 Å². The van der Waals surface area contributed by atoms with E-state index in [4.69, 9.17) is 4.74 Å². The summed E-state index contributed by atoms with van der Waals surface area (Å²) in [6.45, 7) is 5.82. The summed E-state index contributed by atoms with van der Waals surface area (Å²) >= 11 is 0. The average molecular weight is 460 g/mol. The fourth-order valence-corrected chi connectivity index (χ4v) is 5.58. The molecule has 1 aliphatic carbocycles. The van der Waals surface area contributed by atoms with Crippen molar-refractivity contribution in [1.82, 2.24) is 4.90 Å². The van der Waals surface area contributed by atoms with Crippen LogP contribution in [-0.4, -0.2) is 35.2 Å². The van der Waals surface area contributed by atoms with Gasteiger partial charge in [0.1, 0.15) is 5.75 Å². The maximum absolute atomic E-state index is 14.2. The molecule has 1 saturated carbocycles. The van der Waals surface area contributed by atoms with Gasteiger partial charge in [-0.15, -0.1) is 0 Å². The van der Waals surface area contributed by atoms with Gasteiger partial charge >= 0.3 is 5.97 Å². The molecule has 0 spiro atoms. The summed E-state index contributed by atoms with van der Waals surface area (Å²) < 4.78 is 34.4. The number of carboxylic acid groups (broad SMARTS) is 1. The number of piperidine rings is 1. The van der Waals surface area contributed by atoms with Crippen molar-refractivity contribution in [2.45, 2.75) is 77.4 Å². The third-order valence-corrected chi connectivity index (χ3v) is 7.61. The third-order valence-electron chi connectivity index (χ3n) is 7.61. The Bertz CT molecular complexity index is 963. The lowest BCUT2D eigenvalue weighted by Gasteiger charge is -2.36. The SMILES string of the molecule is CCC(c1ccc2c(C(F)F)c(OC3CCC(C)CC3)ccc2c1)N1CCC(C(=O)O)CC1. The Morgan fingerprint density at radius 1 is 1.09 bits per heavy atom. The first-order valence-corrected chi connectivity index (χ1v) is 12.4. The van der Waals surface area contributed by atoms with E-state index in [1.54, 1.807) is 6.07 Å². The molecular weight excluding hydrogens is 424 g/mol. The standard InChI is InChI=1S/C27H35F2NO3/c1-3-23(30-14-12-18(13-15-30)27(31)32)20-6-10-22-19(16-20)7-11-24(25(22)26(28)29)33-21-8-4-17(2)5-9-21/h6-7,10-11,16-18,21,23,26H,3-5,8-9,12-15H2,1-2H3,(H,31,32). The molecule has 6 heteroatoms. The molecule has 1 heterocycles. The first-order chi connectivity index (χ1) is 15.9. The summed E-state index contributed by atoms with van der Waals surface area (Å²) in [5.41, 5.74) is 1.09. The van der Waals surface area contributed by atoms with E-state index in [0.717, 1.165) is 56.1 Å².